The summed E-state index contributed by atoms with van der Waals surface area (Å²) in [6, 6.07) is 14.0. The highest BCUT2D eigenvalue weighted by molar-refractivity contribution is 7.89. The monoisotopic (exact) mass is 448 g/mol. The Morgan fingerprint density at radius 2 is 1.73 bits per heavy atom. The summed E-state index contributed by atoms with van der Waals surface area (Å²) in [5.74, 6) is 0. The molecule has 1 heterocycles. The summed E-state index contributed by atoms with van der Waals surface area (Å²) in [5, 5.41) is 3.55. The minimum absolute atomic E-state index is 0.111. The maximum absolute atomic E-state index is 12.6. The van der Waals surface area contributed by atoms with Crippen molar-refractivity contribution in [3.8, 4) is 0 Å². The molecule has 2 aromatic carbocycles. The topological polar surface area (TPSA) is 73.0 Å². The smallest absolute Gasteiger partial charge is 0.321 e. The quantitative estimate of drug-likeness (QED) is 0.760. The summed E-state index contributed by atoms with van der Waals surface area (Å²) < 4.78 is 26.6. The van der Waals surface area contributed by atoms with Crippen LogP contribution in [-0.2, 0) is 10.0 Å². The van der Waals surface area contributed by atoms with Crippen LogP contribution in [0.25, 0.3) is 0 Å². The van der Waals surface area contributed by atoms with E-state index in [0.29, 0.717) is 23.8 Å². The molecule has 1 N–H and O–H groups in total. The van der Waals surface area contributed by atoms with Gasteiger partial charge in [-0.15, -0.1) is 0 Å². The van der Waals surface area contributed by atoms with Crippen LogP contribution in [0.1, 0.15) is 12.8 Å². The Morgan fingerprint density at radius 3 is 2.33 bits per heavy atom. The number of hydrogen-bond acceptors (Lipinski definition) is 4. The number of carbonyl (C=O) groups excluding carboxylic acids is 1. The van der Waals surface area contributed by atoms with E-state index in [-0.39, 0.29) is 17.0 Å². The molecular weight excluding hydrogens is 424 g/mol. The van der Waals surface area contributed by atoms with Crippen LogP contribution in [0.15, 0.2) is 53.4 Å². The highest BCUT2D eigenvalue weighted by Crippen LogP contribution is 2.30. The lowest BCUT2D eigenvalue weighted by Crippen LogP contribution is -2.50. The van der Waals surface area contributed by atoms with Crippen molar-refractivity contribution in [2.24, 2.45) is 0 Å². The van der Waals surface area contributed by atoms with Crippen molar-refractivity contribution in [3.05, 3.63) is 53.6 Å². The minimum Gasteiger partial charge on any atom is -0.368 e. The van der Waals surface area contributed by atoms with E-state index in [9.17, 15) is 13.2 Å². The SMILES string of the molecule is CN(C1CC1)S(=O)(=O)c1ccc(NC(=O)N2CCN(c3cccc(Cl)c3)CC2)cc1. The molecule has 2 amide bonds. The summed E-state index contributed by atoms with van der Waals surface area (Å²) in [6.07, 6.45) is 1.82. The van der Waals surface area contributed by atoms with E-state index in [1.165, 1.54) is 4.31 Å². The number of rotatable bonds is 5. The van der Waals surface area contributed by atoms with Crippen molar-refractivity contribution < 1.29 is 13.2 Å². The number of carbonyl (C=O) groups is 1. The number of nitrogens with one attached hydrogen (secondary N) is 1. The van der Waals surface area contributed by atoms with Crippen molar-refractivity contribution in [2.45, 2.75) is 23.8 Å². The molecule has 1 aliphatic carbocycles. The van der Waals surface area contributed by atoms with Crippen LogP contribution in [-0.4, -0.2) is 62.9 Å². The van der Waals surface area contributed by atoms with Crippen LogP contribution >= 0.6 is 11.6 Å². The Labute approximate surface area is 182 Å². The number of halogens is 1. The van der Waals surface area contributed by atoms with Gasteiger partial charge in [-0.1, -0.05) is 17.7 Å². The maximum Gasteiger partial charge on any atom is 0.321 e. The average molecular weight is 449 g/mol. The van der Waals surface area contributed by atoms with E-state index in [1.54, 1.807) is 36.2 Å². The second kappa shape index (κ2) is 8.45. The fraction of sp³-hybridized carbons (Fsp3) is 0.381. The normalized spacial score (nSPS) is 17.3. The van der Waals surface area contributed by atoms with Gasteiger partial charge in [0.05, 0.1) is 4.90 Å². The molecule has 2 fully saturated rings. The number of nitrogens with zero attached hydrogens (tertiary/aromatic N) is 3. The van der Waals surface area contributed by atoms with Gasteiger partial charge in [0.2, 0.25) is 10.0 Å². The minimum atomic E-state index is -3.48. The van der Waals surface area contributed by atoms with Gasteiger partial charge < -0.3 is 15.1 Å². The number of benzene rings is 2. The molecule has 7 nitrogen and oxygen atoms in total. The zero-order valence-electron chi connectivity index (χ0n) is 16.8. The van der Waals surface area contributed by atoms with Crippen molar-refractivity contribution in [3.63, 3.8) is 0 Å². The molecule has 1 saturated heterocycles. The number of amides is 2. The second-order valence-corrected chi connectivity index (χ2v) is 10.1. The van der Waals surface area contributed by atoms with Gasteiger partial charge in [-0.3, -0.25) is 0 Å². The number of piperazine rings is 1. The van der Waals surface area contributed by atoms with Gasteiger partial charge in [0.15, 0.2) is 0 Å². The largest absolute Gasteiger partial charge is 0.368 e. The molecule has 9 heteroatoms. The van der Waals surface area contributed by atoms with Crippen molar-refractivity contribution >= 4 is 39.0 Å². The number of urea groups is 1. The second-order valence-electron chi connectivity index (χ2n) is 7.66. The zero-order chi connectivity index (χ0) is 21.3. The Bertz CT molecular complexity index is 1020. The molecule has 2 aliphatic rings. The molecular formula is C21H25ClN4O3S. The first-order chi connectivity index (χ1) is 14.3. The first kappa shape index (κ1) is 21.0. The molecule has 0 radical (unpaired) electrons. The molecule has 1 saturated carbocycles. The van der Waals surface area contributed by atoms with Gasteiger partial charge in [0.25, 0.3) is 0 Å². The third kappa shape index (κ3) is 4.55. The van der Waals surface area contributed by atoms with Gasteiger partial charge in [-0.2, -0.15) is 4.31 Å². The third-order valence-corrected chi connectivity index (χ3v) is 7.74. The molecule has 160 valence electrons. The predicted molar refractivity (Wildman–Crippen MR) is 119 cm³/mol. The van der Waals surface area contributed by atoms with Gasteiger partial charge in [0, 0.05) is 55.7 Å². The lowest BCUT2D eigenvalue weighted by molar-refractivity contribution is 0.208. The Hall–Kier alpha value is -2.29. The summed E-state index contributed by atoms with van der Waals surface area (Å²) in [7, 11) is -1.86. The Kier molecular flexibility index (Phi) is 5.90. The van der Waals surface area contributed by atoms with Gasteiger partial charge in [-0.05, 0) is 55.3 Å². The maximum atomic E-state index is 12.6. The zero-order valence-corrected chi connectivity index (χ0v) is 18.4. The predicted octanol–water partition coefficient (Wildman–Crippen LogP) is 3.48. The Morgan fingerprint density at radius 1 is 1.07 bits per heavy atom. The summed E-state index contributed by atoms with van der Waals surface area (Å²) in [4.78, 5) is 16.8. The summed E-state index contributed by atoms with van der Waals surface area (Å²) >= 11 is 6.07. The van der Waals surface area contributed by atoms with Crippen LogP contribution in [0.2, 0.25) is 5.02 Å². The van der Waals surface area contributed by atoms with Crippen LogP contribution in [0.3, 0.4) is 0 Å². The van der Waals surface area contributed by atoms with E-state index in [1.807, 2.05) is 24.3 Å². The van der Waals surface area contributed by atoms with Crippen molar-refractivity contribution in [1.29, 1.82) is 0 Å². The van der Waals surface area contributed by atoms with E-state index in [4.69, 9.17) is 11.6 Å². The van der Waals surface area contributed by atoms with E-state index >= 15 is 0 Å². The van der Waals surface area contributed by atoms with Crippen LogP contribution < -0.4 is 10.2 Å². The van der Waals surface area contributed by atoms with E-state index < -0.39 is 10.0 Å². The van der Waals surface area contributed by atoms with Crippen molar-refractivity contribution in [1.82, 2.24) is 9.21 Å². The molecule has 0 bridgehead atoms. The average Bonchev–Trinajstić information content (AvgIpc) is 3.59. The molecule has 4 rings (SSSR count). The number of anilines is 2. The lowest BCUT2D eigenvalue weighted by atomic mass is 10.2. The first-order valence-electron chi connectivity index (χ1n) is 9.99. The van der Waals surface area contributed by atoms with Crippen LogP contribution in [0.5, 0.6) is 0 Å². The fourth-order valence-corrected chi connectivity index (χ4v) is 5.15. The van der Waals surface area contributed by atoms with Gasteiger partial charge in [-0.25, -0.2) is 13.2 Å². The molecule has 0 aromatic heterocycles. The number of sulfonamides is 1. The molecule has 1 aliphatic heterocycles. The third-order valence-electron chi connectivity index (χ3n) is 5.58. The van der Waals surface area contributed by atoms with Gasteiger partial charge >= 0.3 is 6.03 Å². The molecule has 0 atom stereocenters. The molecule has 0 spiro atoms. The van der Waals surface area contributed by atoms with E-state index in [0.717, 1.165) is 31.6 Å². The van der Waals surface area contributed by atoms with E-state index in [2.05, 4.69) is 10.2 Å². The lowest BCUT2D eigenvalue weighted by Gasteiger charge is -2.36. The molecule has 2 aromatic rings. The molecule has 0 unspecified atom stereocenters. The fourth-order valence-electron chi connectivity index (χ4n) is 3.55. The van der Waals surface area contributed by atoms with Crippen LogP contribution in [0.4, 0.5) is 16.2 Å². The highest BCUT2D eigenvalue weighted by Gasteiger charge is 2.35. The summed E-state index contributed by atoms with van der Waals surface area (Å²) in [5.41, 5.74) is 1.63. The Balaban J connectivity index is 1.33. The molecule has 30 heavy (non-hydrogen) atoms. The number of hydrogen-bond donors (Lipinski definition) is 1. The highest BCUT2D eigenvalue weighted by atomic mass is 35.5. The van der Waals surface area contributed by atoms with Crippen LogP contribution in [0, 0.1) is 0 Å². The van der Waals surface area contributed by atoms with Crippen molar-refractivity contribution in [2.75, 3.05) is 43.4 Å². The first-order valence-corrected chi connectivity index (χ1v) is 11.8. The summed E-state index contributed by atoms with van der Waals surface area (Å²) in [6.45, 7) is 2.63. The standard InChI is InChI=1S/C21H25ClN4O3S/c1-24(18-7-8-18)30(28,29)20-9-5-17(6-10-20)23-21(27)26-13-11-25(12-14-26)19-4-2-3-16(22)15-19/h2-6,9-10,15,18H,7-8,11-14H2,1H3,(H,23,27). The van der Waals surface area contributed by atoms with Gasteiger partial charge in [0.1, 0.15) is 0 Å².